The Morgan fingerprint density at radius 2 is 2.16 bits per heavy atom. The molecule has 10 nitrogen and oxygen atoms in total. The molecule has 6 rings (SSSR count). The quantitative estimate of drug-likeness (QED) is 0.387. The zero-order chi connectivity index (χ0) is 25.4. The molecule has 0 spiro atoms. The van der Waals surface area contributed by atoms with E-state index in [1.807, 2.05) is 18.3 Å². The van der Waals surface area contributed by atoms with E-state index in [0.29, 0.717) is 29.8 Å². The molecule has 1 amide bonds. The molecule has 2 aliphatic rings. The number of anilines is 2. The van der Waals surface area contributed by atoms with Crippen molar-refractivity contribution in [3.63, 3.8) is 0 Å². The van der Waals surface area contributed by atoms with Crippen molar-refractivity contribution in [2.75, 3.05) is 29.9 Å². The van der Waals surface area contributed by atoms with Gasteiger partial charge in [-0.05, 0) is 37.5 Å². The molecule has 0 bridgehead atoms. The highest BCUT2D eigenvalue weighted by Gasteiger charge is 2.28. The number of halogens is 1. The fourth-order valence-electron chi connectivity index (χ4n) is 5.17. The van der Waals surface area contributed by atoms with Crippen molar-refractivity contribution in [2.24, 2.45) is 0 Å². The number of aromatic amines is 1. The number of nitrogens with one attached hydrogen (secondary N) is 2. The van der Waals surface area contributed by atoms with Crippen LogP contribution in [0.2, 0.25) is 5.02 Å². The molecular formula is C26H26ClN9O. The Kier molecular flexibility index (Phi) is 6.17. The summed E-state index contributed by atoms with van der Waals surface area (Å²) in [4.78, 5) is 42.0. The molecule has 1 atom stereocenters. The van der Waals surface area contributed by atoms with Crippen molar-refractivity contribution in [1.29, 1.82) is 0 Å². The van der Waals surface area contributed by atoms with Crippen LogP contribution in [0.4, 0.5) is 11.8 Å². The molecule has 37 heavy (non-hydrogen) atoms. The van der Waals surface area contributed by atoms with Crippen LogP contribution in [0.3, 0.4) is 0 Å². The van der Waals surface area contributed by atoms with Crippen molar-refractivity contribution in [2.45, 2.75) is 31.8 Å². The number of rotatable bonds is 5. The molecule has 2 aliphatic heterocycles. The molecule has 4 aromatic heterocycles. The first-order chi connectivity index (χ1) is 18.1. The SMILES string of the molecule is C=CC(=O)N1CCc2c(ncnc2N2CCC[C@@H](Nc3ncc(Cl)c(-c4c[nH]c5ncccc45)n3)C2)C1. The molecule has 2 N–H and O–H groups in total. The van der Waals surface area contributed by atoms with Gasteiger partial charge in [0.25, 0.3) is 0 Å². The van der Waals surface area contributed by atoms with E-state index in [9.17, 15) is 4.79 Å². The van der Waals surface area contributed by atoms with Crippen LogP contribution in [0.25, 0.3) is 22.3 Å². The summed E-state index contributed by atoms with van der Waals surface area (Å²) in [6.07, 6.45) is 10.9. The second-order valence-corrected chi connectivity index (χ2v) is 9.67. The topological polar surface area (TPSA) is 116 Å². The lowest BCUT2D eigenvalue weighted by atomic mass is 10.0. The largest absolute Gasteiger partial charge is 0.354 e. The molecule has 11 heteroatoms. The Labute approximate surface area is 218 Å². The van der Waals surface area contributed by atoms with Crippen molar-refractivity contribution in [3.8, 4) is 11.3 Å². The van der Waals surface area contributed by atoms with Gasteiger partial charge in [0, 0.05) is 54.6 Å². The number of H-pyrrole nitrogens is 1. The maximum Gasteiger partial charge on any atom is 0.246 e. The van der Waals surface area contributed by atoms with Crippen molar-refractivity contribution >= 4 is 40.3 Å². The van der Waals surface area contributed by atoms with Crippen LogP contribution in [0, 0.1) is 0 Å². The van der Waals surface area contributed by atoms with Crippen LogP contribution >= 0.6 is 11.6 Å². The molecule has 0 unspecified atom stereocenters. The number of hydrogen-bond donors (Lipinski definition) is 2. The average molecular weight is 516 g/mol. The predicted molar refractivity (Wildman–Crippen MR) is 142 cm³/mol. The lowest BCUT2D eigenvalue weighted by molar-refractivity contribution is -0.126. The number of fused-ring (bicyclic) bond motifs is 2. The molecule has 1 fully saturated rings. The van der Waals surface area contributed by atoms with Gasteiger partial charge in [0.2, 0.25) is 11.9 Å². The zero-order valence-corrected chi connectivity index (χ0v) is 20.9. The highest BCUT2D eigenvalue weighted by Crippen LogP contribution is 2.32. The van der Waals surface area contributed by atoms with Gasteiger partial charge >= 0.3 is 0 Å². The maximum atomic E-state index is 12.1. The van der Waals surface area contributed by atoms with Gasteiger partial charge in [0.1, 0.15) is 17.8 Å². The van der Waals surface area contributed by atoms with Gasteiger partial charge in [-0.1, -0.05) is 18.2 Å². The second-order valence-electron chi connectivity index (χ2n) is 9.26. The van der Waals surface area contributed by atoms with Gasteiger partial charge in [-0.25, -0.2) is 24.9 Å². The van der Waals surface area contributed by atoms with Gasteiger partial charge < -0.3 is 20.1 Å². The molecular weight excluding hydrogens is 490 g/mol. The summed E-state index contributed by atoms with van der Waals surface area (Å²) in [5, 5.41) is 4.95. The molecule has 0 saturated carbocycles. The Morgan fingerprint density at radius 3 is 3.05 bits per heavy atom. The highest BCUT2D eigenvalue weighted by atomic mass is 35.5. The minimum absolute atomic E-state index is 0.0701. The van der Waals surface area contributed by atoms with Crippen LogP contribution in [0.1, 0.15) is 24.1 Å². The molecule has 0 radical (unpaired) electrons. The Balaban J connectivity index is 1.21. The van der Waals surface area contributed by atoms with Crippen LogP contribution in [-0.4, -0.2) is 66.4 Å². The second kappa shape index (κ2) is 9.78. The molecule has 188 valence electrons. The van der Waals surface area contributed by atoms with E-state index in [2.05, 4.69) is 41.7 Å². The summed E-state index contributed by atoms with van der Waals surface area (Å²) in [6, 6.07) is 4.03. The summed E-state index contributed by atoms with van der Waals surface area (Å²) in [7, 11) is 0. The predicted octanol–water partition coefficient (Wildman–Crippen LogP) is 3.61. The maximum absolute atomic E-state index is 12.1. The van der Waals surface area contributed by atoms with E-state index in [-0.39, 0.29) is 11.9 Å². The highest BCUT2D eigenvalue weighted by molar-refractivity contribution is 6.33. The van der Waals surface area contributed by atoms with Gasteiger partial charge in [-0.2, -0.15) is 0 Å². The molecule has 1 saturated heterocycles. The first-order valence-corrected chi connectivity index (χ1v) is 12.7. The summed E-state index contributed by atoms with van der Waals surface area (Å²) < 4.78 is 0. The first kappa shape index (κ1) is 23.4. The third kappa shape index (κ3) is 4.48. The number of carbonyl (C=O) groups is 1. The average Bonchev–Trinajstić information content (AvgIpc) is 3.37. The van der Waals surface area contributed by atoms with Crippen molar-refractivity contribution in [3.05, 3.63) is 66.0 Å². The van der Waals surface area contributed by atoms with Gasteiger partial charge in [-0.15, -0.1) is 0 Å². The third-order valence-corrected chi connectivity index (χ3v) is 7.25. The minimum atomic E-state index is -0.0701. The van der Waals surface area contributed by atoms with Crippen LogP contribution < -0.4 is 10.2 Å². The molecule has 6 heterocycles. The van der Waals surface area contributed by atoms with Crippen LogP contribution in [-0.2, 0) is 17.8 Å². The van der Waals surface area contributed by atoms with Crippen molar-refractivity contribution < 1.29 is 4.79 Å². The van der Waals surface area contributed by atoms with Crippen LogP contribution in [0.15, 0.2) is 49.7 Å². The van der Waals surface area contributed by atoms with E-state index >= 15 is 0 Å². The van der Waals surface area contributed by atoms with Gasteiger partial charge in [-0.3, -0.25) is 4.79 Å². The summed E-state index contributed by atoms with van der Waals surface area (Å²) in [6.45, 7) is 6.39. The Morgan fingerprint density at radius 1 is 1.24 bits per heavy atom. The van der Waals surface area contributed by atoms with E-state index in [1.54, 1.807) is 23.6 Å². The Bertz CT molecular complexity index is 1490. The number of carbonyl (C=O) groups excluding carboxylic acids is 1. The third-order valence-electron chi connectivity index (χ3n) is 6.97. The fourth-order valence-corrected chi connectivity index (χ4v) is 5.37. The number of pyridine rings is 1. The number of aromatic nitrogens is 6. The molecule has 4 aromatic rings. The normalized spacial score (nSPS) is 17.5. The lowest BCUT2D eigenvalue weighted by Crippen LogP contribution is -2.44. The monoisotopic (exact) mass is 515 g/mol. The van der Waals surface area contributed by atoms with Crippen molar-refractivity contribution in [1.82, 2.24) is 34.8 Å². The Hall–Kier alpha value is -4.05. The zero-order valence-electron chi connectivity index (χ0n) is 20.2. The number of amides is 1. The van der Waals surface area contributed by atoms with Gasteiger partial charge in [0.05, 0.1) is 29.2 Å². The summed E-state index contributed by atoms with van der Waals surface area (Å²) in [5.74, 6) is 1.42. The molecule has 0 aliphatic carbocycles. The van der Waals surface area contributed by atoms with E-state index in [1.165, 1.54) is 6.08 Å². The first-order valence-electron chi connectivity index (χ1n) is 12.3. The van der Waals surface area contributed by atoms with E-state index in [0.717, 1.165) is 66.0 Å². The lowest BCUT2D eigenvalue weighted by Gasteiger charge is -2.36. The number of hydrogen-bond acceptors (Lipinski definition) is 8. The summed E-state index contributed by atoms with van der Waals surface area (Å²) >= 11 is 6.50. The fraction of sp³-hybridized carbons (Fsp3) is 0.308. The smallest absolute Gasteiger partial charge is 0.246 e. The summed E-state index contributed by atoms with van der Waals surface area (Å²) in [5.41, 5.74) is 4.36. The van der Waals surface area contributed by atoms with E-state index < -0.39 is 0 Å². The van der Waals surface area contributed by atoms with E-state index in [4.69, 9.17) is 16.6 Å². The number of piperidine rings is 1. The van der Waals surface area contributed by atoms with Crippen LogP contribution in [0.5, 0.6) is 0 Å². The minimum Gasteiger partial charge on any atom is -0.354 e. The molecule has 0 aromatic carbocycles. The number of nitrogens with zero attached hydrogens (tertiary/aromatic N) is 7. The van der Waals surface area contributed by atoms with Gasteiger partial charge in [0.15, 0.2) is 0 Å². The standard InChI is InChI=1S/C26H26ClN9O/c1-2-22(37)35-10-7-18-21(14-35)31-15-32-25(18)36-9-4-5-16(13-36)33-26-30-12-20(27)23(34-26)19-11-29-24-17(19)6-3-8-28-24/h2-3,6,8,11-12,15-16H,1,4-5,7,9-10,13-14H2,(H,28,29)(H,30,33,34)/t16-/m1/s1.